The Morgan fingerprint density at radius 1 is 1.82 bits per heavy atom. The van der Waals surface area contributed by atoms with E-state index in [0.717, 1.165) is 0 Å². The van der Waals surface area contributed by atoms with Gasteiger partial charge in [0.1, 0.15) is 0 Å². The Hall–Kier alpha value is -1.27. The fourth-order valence-electron chi connectivity index (χ4n) is 0.644. The second kappa shape index (κ2) is 3.22. The van der Waals surface area contributed by atoms with Crippen molar-refractivity contribution >= 4 is 11.6 Å². The summed E-state index contributed by atoms with van der Waals surface area (Å²) in [5, 5.41) is -0.0530. The number of hydrogen-bond donors (Lipinski definition) is 0. The maximum Gasteiger partial charge on any atom is 0.289 e. The van der Waals surface area contributed by atoms with Crippen molar-refractivity contribution in [2.24, 2.45) is 0 Å². The normalized spacial score (nSPS) is 9.09. The van der Waals surface area contributed by atoms with Crippen molar-refractivity contribution in [3.05, 3.63) is 27.9 Å². The summed E-state index contributed by atoms with van der Waals surface area (Å²) < 4.78 is 1.31. The van der Waals surface area contributed by atoms with E-state index in [0.29, 0.717) is 0 Å². The molecule has 0 unspecified atom stereocenters. The zero-order valence-corrected chi connectivity index (χ0v) is 6.38. The van der Waals surface area contributed by atoms with Gasteiger partial charge in [-0.2, -0.15) is 0 Å². The van der Waals surface area contributed by atoms with E-state index in [1.165, 1.54) is 17.0 Å². The highest BCUT2D eigenvalue weighted by molar-refractivity contribution is 6.29. The standard InChI is InChI=1S/C7H5ClN2O/c1-2-4-10-5-3-9-6(8)7(10)11/h1,3,5H,4H2. The molecule has 0 aliphatic rings. The first-order valence-corrected chi connectivity index (χ1v) is 3.28. The summed E-state index contributed by atoms with van der Waals surface area (Å²) in [4.78, 5) is 14.6. The first-order valence-electron chi connectivity index (χ1n) is 2.90. The van der Waals surface area contributed by atoms with Crippen LogP contribution in [0, 0.1) is 12.3 Å². The van der Waals surface area contributed by atoms with Gasteiger partial charge in [-0.05, 0) is 0 Å². The van der Waals surface area contributed by atoms with Crippen molar-refractivity contribution in [1.29, 1.82) is 0 Å². The van der Waals surface area contributed by atoms with Crippen molar-refractivity contribution in [1.82, 2.24) is 9.55 Å². The Bertz CT molecular complexity index is 350. The van der Waals surface area contributed by atoms with Gasteiger partial charge in [0.25, 0.3) is 5.56 Å². The van der Waals surface area contributed by atoms with E-state index >= 15 is 0 Å². The minimum Gasteiger partial charge on any atom is -0.300 e. The summed E-state index contributed by atoms with van der Waals surface area (Å²) in [7, 11) is 0. The van der Waals surface area contributed by atoms with Crippen LogP contribution in [0.15, 0.2) is 17.2 Å². The van der Waals surface area contributed by atoms with E-state index in [4.69, 9.17) is 18.0 Å². The molecule has 0 aliphatic heterocycles. The molecule has 1 aromatic rings. The van der Waals surface area contributed by atoms with E-state index in [2.05, 4.69) is 10.9 Å². The summed E-state index contributed by atoms with van der Waals surface area (Å²) in [5.41, 5.74) is -0.355. The Kier molecular flexibility index (Phi) is 2.29. The molecule has 11 heavy (non-hydrogen) atoms. The van der Waals surface area contributed by atoms with Gasteiger partial charge in [-0.3, -0.25) is 9.36 Å². The molecule has 0 fully saturated rings. The van der Waals surface area contributed by atoms with E-state index < -0.39 is 0 Å². The summed E-state index contributed by atoms with van der Waals surface area (Å²) in [5.74, 6) is 2.33. The average Bonchev–Trinajstić information content (AvgIpc) is 1.99. The summed E-state index contributed by atoms with van der Waals surface area (Å²) in [6.07, 6.45) is 7.93. The third kappa shape index (κ3) is 1.60. The highest BCUT2D eigenvalue weighted by atomic mass is 35.5. The second-order valence-corrected chi connectivity index (χ2v) is 2.21. The number of halogens is 1. The van der Waals surface area contributed by atoms with Crippen LogP contribution in [0.5, 0.6) is 0 Å². The molecule has 0 radical (unpaired) electrons. The Balaban J connectivity index is 3.20. The molecule has 1 rings (SSSR count). The molecule has 56 valence electrons. The Labute approximate surface area is 68.6 Å². The van der Waals surface area contributed by atoms with Gasteiger partial charge in [0.2, 0.25) is 0 Å². The maximum absolute atomic E-state index is 11.0. The largest absolute Gasteiger partial charge is 0.300 e. The van der Waals surface area contributed by atoms with Crippen LogP contribution in [0.25, 0.3) is 0 Å². The predicted molar refractivity (Wildman–Crippen MR) is 42.3 cm³/mol. The maximum atomic E-state index is 11.0. The fraction of sp³-hybridized carbons (Fsp3) is 0.143. The minimum atomic E-state index is -0.355. The van der Waals surface area contributed by atoms with E-state index in [9.17, 15) is 4.79 Å². The molecule has 0 spiro atoms. The summed E-state index contributed by atoms with van der Waals surface area (Å²) in [6.45, 7) is 0.223. The van der Waals surface area contributed by atoms with Gasteiger partial charge in [-0.15, -0.1) is 6.42 Å². The minimum absolute atomic E-state index is 0.0530. The van der Waals surface area contributed by atoms with Gasteiger partial charge in [-0.1, -0.05) is 17.5 Å². The van der Waals surface area contributed by atoms with Crippen LogP contribution >= 0.6 is 11.6 Å². The highest BCUT2D eigenvalue weighted by Gasteiger charge is 1.98. The van der Waals surface area contributed by atoms with Crippen molar-refractivity contribution in [3.63, 3.8) is 0 Å². The first-order chi connectivity index (χ1) is 5.25. The molecule has 0 N–H and O–H groups in total. The zero-order valence-electron chi connectivity index (χ0n) is 5.62. The summed E-state index contributed by atoms with van der Waals surface area (Å²) >= 11 is 5.44. The molecule has 0 atom stereocenters. The lowest BCUT2D eigenvalue weighted by Crippen LogP contribution is -2.19. The van der Waals surface area contributed by atoms with Crippen LogP contribution in [0.1, 0.15) is 0 Å². The molecule has 0 bridgehead atoms. The number of terminal acetylenes is 1. The molecule has 1 aromatic heterocycles. The quantitative estimate of drug-likeness (QED) is 0.574. The van der Waals surface area contributed by atoms with Crippen LogP contribution < -0.4 is 5.56 Å². The number of hydrogen-bond acceptors (Lipinski definition) is 2. The average molecular weight is 169 g/mol. The Morgan fingerprint density at radius 2 is 2.55 bits per heavy atom. The van der Waals surface area contributed by atoms with Gasteiger partial charge < -0.3 is 0 Å². The van der Waals surface area contributed by atoms with Crippen LogP contribution in [-0.4, -0.2) is 9.55 Å². The first kappa shape index (κ1) is 7.83. The SMILES string of the molecule is C#CCn1ccnc(Cl)c1=O. The van der Waals surface area contributed by atoms with Crippen LogP contribution in [0.4, 0.5) is 0 Å². The second-order valence-electron chi connectivity index (χ2n) is 1.86. The van der Waals surface area contributed by atoms with Crippen molar-refractivity contribution in [3.8, 4) is 12.3 Å². The fourth-order valence-corrected chi connectivity index (χ4v) is 0.808. The van der Waals surface area contributed by atoms with Gasteiger partial charge in [-0.25, -0.2) is 4.98 Å². The Morgan fingerprint density at radius 3 is 3.18 bits per heavy atom. The molecule has 0 saturated heterocycles. The molecule has 3 nitrogen and oxygen atoms in total. The van der Waals surface area contributed by atoms with Crippen molar-refractivity contribution < 1.29 is 0 Å². The van der Waals surface area contributed by atoms with E-state index in [-0.39, 0.29) is 17.3 Å². The topological polar surface area (TPSA) is 34.9 Å². The molecule has 4 heteroatoms. The molecular formula is C7H5ClN2O. The lowest BCUT2D eigenvalue weighted by atomic mass is 10.6. The van der Waals surface area contributed by atoms with E-state index in [1.807, 2.05) is 0 Å². The lowest BCUT2D eigenvalue weighted by molar-refractivity contribution is 0.783. The number of aromatic nitrogens is 2. The van der Waals surface area contributed by atoms with Crippen molar-refractivity contribution in [2.75, 3.05) is 0 Å². The van der Waals surface area contributed by atoms with Gasteiger partial charge in [0.05, 0.1) is 6.54 Å². The number of nitrogens with zero attached hydrogens (tertiary/aromatic N) is 2. The van der Waals surface area contributed by atoms with Crippen LogP contribution in [-0.2, 0) is 6.54 Å². The predicted octanol–water partition coefficient (Wildman–Crippen LogP) is 0.530. The molecule has 0 saturated carbocycles. The smallest absolute Gasteiger partial charge is 0.289 e. The molecule has 0 amide bonds. The van der Waals surface area contributed by atoms with Gasteiger partial charge in [0, 0.05) is 12.4 Å². The van der Waals surface area contributed by atoms with Gasteiger partial charge >= 0.3 is 0 Å². The molecule has 1 heterocycles. The lowest BCUT2D eigenvalue weighted by Gasteiger charge is -1.97. The van der Waals surface area contributed by atoms with Crippen LogP contribution in [0.3, 0.4) is 0 Å². The van der Waals surface area contributed by atoms with Crippen molar-refractivity contribution in [2.45, 2.75) is 6.54 Å². The molecule has 0 aromatic carbocycles. The third-order valence-corrected chi connectivity index (χ3v) is 1.39. The van der Waals surface area contributed by atoms with Crippen LogP contribution in [0.2, 0.25) is 5.15 Å². The molecular weight excluding hydrogens is 164 g/mol. The number of rotatable bonds is 1. The zero-order chi connectivity index (χ0) is 8.27. The van der Waals surface area contributed by atoms with E-state index in [1.54, 1.807) is 0 Å². The summed E-state index contributed by atoms with van der Waals surface area (Å²) in [6, 6.07) is 0. The molecule has 0 aliphatic carbocycles. The third-order valence-electron chi connectivity index (χ3n) is 1.13. The van der Waals surface area contributed by atoms with Gasteiger partial charge in [0.15, 0.2) is 5.15 Å². The highest BCUT2D eigenvalue weighted by Crippen LogP contribution is 1.92. The monoisotopic (exact) mass is 168 g/mol.